The first kappa shape index (κ1) is 15.4. The maximum atomic E-state index is 12.6. The summed E-state index contributed by atoms with van der Waals surface area (Å²) in [4.78, 5) is 14.1. The molecule has 0 spiro atoms. The van der Waals surface area contributed by atoms with Crippen molar-refractivity contribution in [1.29, 1.82) is 0 Å². The van der Waals surface area contributed by atoms with Crippen LogP contribution in [0.1, 0.15) is 69.9 Å². The van der Waals surface area contributed by atoms with E-state index < -0.39 is 0 Å². The third-order valence-corrected chi connectivity index (χ3v) is 4.82. The molecule has 1 amide bonds. The van der Waals surface area contributed by atoms with Gasteiger partial charge in [-0.1, -0.05) is 19.3 Å². The number of carbonyl (C=O) groups excluding carboxylic acids is 1. The van der Waals surface area contributed by atoms with E-state index in [1.807, 2.05) is 20.8 Å². The van der Waals surface area contributed by atoms with Crippen LogP contribution in [0.4, 0.5) is 0 Å². The molecule has 0 aromatic carbocycles. The number of nitrogens with one attached hydrogen (secondary N) is 2. The van der Waals surface area contributed by atoms with Gasteiger partial charge in [0.05, 0.1) is 11.1 Å². The first-order chi connectivity index (χ1) is 10.4. The van der Waals surface area contributed by atoms with Crippen LogP contribution in [-0.4, -0.2) is 44.2 Å². The summed E-state index contributed by atoms with van der Waals surface area (Å²) in [6, 6.07) is 0.372. The van der Waals surface area contributed by atoms with Crippen LogP contribution in [0.3, 0.4) is 0 Å². The summed E-state index contributed by atoms with van der Waals surface area (Å²) < 4.78 is 0. The number of nitrogens with zero attached hydrogens (tertiary/aromatic N) is 4. The number of rotatable bonds is 2. The lowest BCUT2D eigenvalue weighted by Crippen LogP contribution is -2.55. The Morgan fingerprint density at radius 1 is 1.32 bits per heavy atom. The van der Waals surface area contributed by atoms with Crippen molar-refractivity contribution in [2.75, 3.05) is 6.54 Å². The van der Waals surface area contributed by atoms with Crippen molar-refractivity contribution in [2.24, 2.45) is 0 Å². The Morgan fingerprint density at radius 3 is 2.86 bits per heavy atom. The van der Waals surface area contributed by atoms with Crippen molar-refractivity contribution in [3.63, 3.8) is 0 Å². The summed E-state index contributed by atoms with van der Waals surface area (Å²) in [5.41, 5.74) is -0.412. The van der Waals surface area contributed by atoms with Crippen LogP contribution in [0.15, 0.2) is 0 Å². The lowest BCUT2D eigenvalue weighted by Gasteiger charge is -2.34. The minimum absolute atomic E-state index is 0.138. The molecule has 0 bridgehead atoms. The molecule has 22 heavy (non-hydrogen) atoms. The molecule has 2 aliphatic rings. The van der Waals surface area contributed by atoms with Crippen LogP contribution in [0.5, 0.6) is 0 Å². The molecule has 2 heterocycles. The van der Waals surface area contributed by atoms with Gasteiger partial charge >= 0.3 is 0 Å². The molecule has 2 atom stereocenters. The normalized spacial score (nSPS) is 29.0. The second kappa shape index (κ2) is 5.61. The monoisotopic (exact) mass is 306 g/mol. The molecule has 0 radical (unpaired) electrons. The van der Waals surface area contributed by atoms with Gasteiger partial charge in [-0.05, 0) is 51.8 Å². The van der Waals surface area contributed by atoms with Crippen LogP contribution < -0.4 is 10.6 Å². The Balaban J connectivity index is 1.76. The van der Waals surface area contributed by atoms with Gasteiger partial charge in [0.15, 0.2) is 0 Å². The van der Waals surface area contributed by atoms with Gasteiger partial charge in [-0.15, -0.1) is 10.2 Å². The van der Waals surface area contributed by atoms with E-state index in [-0.39, 0.29) is 22.8 Å². The van der Waals surface area contributed by atoms with E-state index in [0.29, 0.717) is 6.04 Å². The molecule has 2 N–H and O–H groups in total. The molecule has 2 unspecified atom stereocenters. The van der Waals surface area contributed by atoms with Crippen LogP contribution in [-0.2, 0) is 5.54 Å². The standard InChI is InChI=1S/C15H26N6O/c1-14(2,3)21-19-12(18-20-21)13(22)17-15-8-6-4-5-7-11(15)16-10-9-15/h11,16H,4-10H2,1-3H3,(H,17,22). The Hall–Kier alpha value is -1.50. The quantitative estimate of drug-likeness (QED) is 0.858. The number of tetrazole rings is 1. The maximum absolute atomic E-state index is 12.6. The van der Waals surface area contributed by atoms with E-state index in [9.17, 15) is 4.79 Å². The molecule has 1 saturated carbocycles. The largest absolute Gasteiger partial charge is 0.342 e. The van der Waals surface area contributed by atoms with Gasteiger partial charge in [0.2, 0.25) is 0 Å². The van der Waals surface area contributed by atoms with E-state index in [4.69, 9.17) is 0 Å². The summed E-state index contributed by atoms with van der Waals surface area (Å²) in [5, 5.41) is 19.0. The minimum atomic E-state index is -0.274. The average molecular weight is 306 g/mol. The predicted molar refractivity (Wildman–Crippen MR) is 82.5 cm³/mol. The number of hydrogen-bond acceptors (Lipinski definition) is 5. The Kier molecular flexibility index (Phi) is 3.92. The molecule has 3 rings (SSSR count). The lowest BCUT2D eigenvalue weighted by molar-refractivity contribution is 0.0871. The highest BCUT2D eigenvalue weighted by atomic mass is 16.2. The predicted octanol–water partition coefficient (Wildman–Crippen LogP) is 1.22. The smallest absolute Gasteiger partial charge is 0.293 e. The Morgan fingerprint density at radius 2 is 2.14 bits per heavy atom. The molecule has 1 aliphatic carbocycles. The SMILES string of the molecule is CC(C)(C)n1nnc(C(=O)NC23CCCCCC2NCC3)n1. The van der Waals surface area contributed by atoms with Crippen molar-refractivity contribution in [3.8, 4) is 0 Å². The summed E-state index contributed by atoms with van der Waals surface area (Å²) in [6.07, 6.45) is 6.78. The molecule has 7 heteroatoms. The fourth-order valence-corrected chi connectivity index (χ4v) is 3.57. The van der Waals surface area contributed by atoms with Gasteiger partial charge in [-0.25, -0.2) is 0 Å². The lowest BCUT2D eigenvalue weighted by atomic mass is 9.86. The Labute approximate surface area is 131 Å². The molecule has 1 aromatic rings. The van der Waals surface area contributed by atoms with Gasteiger partial charge in [-0.3, -0.25) is 4.79 Å². The average Bonchev–Trinajstić information content (AvgIpc) is 3.03. The van der Waals surface area contributed by atoms with Crippen LogP contribution in [0.2, 0.25) is 0 Å². The van der Waals surface area contributed by atoms with E-state index >= 15 is 0 Å². The molecule has 1 aliphatic heterocycles. The van der Waals surface area contributed by atoms with Gasteiger partial charge in [0, 0.05) is 6.04 Å². The van der Waals surface area contributed by atoms with Crippen molar-refractivity contribution >= 4 is 5.91 Å². The zero-order valence-corrected chi connectivity index (χ0v) is 13.7. The zero-order valence-electron chi connectivity index (χ0n) is 13.7. The highest BCUT2D eigenvalue weighted by Crippen LogP contribution is 2.34. The van der Waals surface area contributed by atoms with Crippen molar-refractivity contribution in [1.82, 2.24) is 30.8 Å². The molecular formula is C15H26N6O. The van der Waals surface area contributed by atoms with Crippen LogP contribution in [0.25, 0.3) is 0 Å². The second-order valence-electron chi connectivity index (χ2n) is 7.54. The zero-order chi connectivity index (χ0) is 15.8. The van der Waals surface area contributed by atoms with E-state index in [1.54, 1.807) is 0 Å². The summed E-state index contributed by atoms with van der Waals surface area (Å²) >= 11 is 0. The Bertz CT molecular complexity index is 548. The molecule has 1 aromatic heterocycles. The van der Waals surface area contributed by atoms with E-state index in [0.717, 1.165) is 25.8 Å². The highest BCUT2D eigenvalue weighted by molar-refractivity contribution is 5.90. The van der Waals surface area contributed by atoms with Crippen molar-refractivity contribution < 1.29 is 4.79 Å². The molecule has 7 nitrogen and oxygen atoms in total. The third-order valence-electron chi connectivity index (χ3n) is 4.82. The number of carbonyl (C=O) groups is 1. The summed E-state index contributed by atoms with van der Waals surface area (Å²) in [6.45, 7) is 6.92. The minimum Gasteiger partial charge on any atom is -0.342 e. The fraction of sp³-hybridized carbons (Fsp3) is 0.867. The number of aromatic nitrogens is 4. The number of fused-ring (bicyclic) bond motifs is 1. The van der Waals surface area contributed by atoms with Crippen LogP contribution >= 0.6 is 0 Å². The first-order valence-corrected chi connectivity index (χ1v) is 8.27. The molecular weight excluding hydrogens is 280 g/mol. The molecule has 2 fully saturated rings. The van der Waals surface area contributed by atoms with E-state index in [1.165, 1.54) is 24.1 Å². The van der Waals surface area contributed by atoms with Crippen molar-refractivity contribution in [2.45, 2.75) is 76.4 Å². The van der Waals surface area contributed by atoms with Gasteiger partial charge < -0.3 is 10.6 Å². The third kappa shape index (κ3) is 2.86. The molecule has 1 saturated heterocycles. The van der Waals surface area contributed by atoms with Gasteiger partial charge in [0.1, 0.15) is 0 Å². The van der Waals surface area contributed by atoms with Crippen molar-refractivity contribution in [3.05, 3.63) is 5.82 Å². The summed E-state index contributed by atoms with van der Waals surface area (Å²) in [5.74, 6) is -0.0368. The molecule has 122 valence electrons. The summed E-state index contributed by atoms with van der Waals surface area (Å²) in [7, 11) is 0. The van der Waals surface area contributed by atoms with Gasteiger partial charge in [-0.2, -0.15) is 4.80 Å². The topological polar surface area (TPSA) is 84.7 Å². The highest BCUT2D eigenvalue weighted by Gasteiger charge is 2.44. The maximum Gasteiger partial charge on any atom is 0.293 e. The number of hydrogen-bond donors (Lipinski definition) is 2. The van der Waals surface area contributed by atoms with Crippen LogP contribution in [0, 0.1) is 0 Å². The first-order valence-electron chi connectivity index (χ1n) is 8.27. The fourth-order valence-electron chi connectivity index (χ4n) is 3.57. The number of amides is 1. The second-order valence-corrected chi connectivity index (χ2v) is 7.54. The van der Waals surface area contributed by atoms with Gasteiger partial charge in [0.25, 0.3) is 11.7 Å². The van der Waals surface area contributed by atoms with E-state index in [2.05, 4.69) is 26.0 Å².